The molecule has 3 amide bonds. The van der Waals surface area contributed by atoms with Crippen LogP contribution in [-0.4, -0.2) is 75.9 Å². The van der Waals surface area contributed by atoms with Crippen LogP contribution < -0.4 is 10.6 Å². The molecule has 0 bridgehead atoms. The van der Waals surface area contributed by atoms with Crippen molar-refractivity contribution in [2.24, 2.45) is 0 Å². The van der Waals surface area contributed by atoms with Crippen molar-refractivity contribution in [3.8, 4) is 5.75 Å². The van der Waals surface area contributed by atoms with Crippen LogP contribution in [0.5, 0.6) is 5.75 Å². The normalized spacial score (nSPS) is 13.2. The van der Waals surface area contributed by atoms with Crippen molar-refractivity contribution < 1.29 is 38.9 Å². The first kappa shape index (κ1) is 31.7. The summed E-state index contributed by atoms with van der Waals surface area (Å²) in [5, 5.41) is 25.0. The third kappa shape index (κ3) is 9.91. The topological polar surface area (TPSA) is 154 Å². The van der Waals surface area contributed by atoms with Crippen molar-refractivity contribution >= 4 is 23.9 Å². The quantitative estimate of drug-likeness (QED) is 0.341. The molecule has 2 atom stereocenters. The summed E-state index contributed by atoms with van der Waals surface area (Å²) in [6, 6.07) is 1.88. The highest BCUT2D eigenvalue weighted by molar-refractivity contribution is 5.93. The molecule has 0 saturated carbocycles. The van der Waals surface area contributed by atoms with Crippen molar-refractivity contribution in [2.45, 2.75) is 85.0 Å². The summed E-state index contributed by atoms with van der Waals surface area (Å²) < 4.78 is 10.1. The van der Waals surface area contributed by atoms with Crippen LogP contribution >= 0.6 is 0 Å². The predicted molar refractivity (Wildman–Crippen MR) is 137 cm³/mol. The van der Waals surface area contributed by atoms with Crippen LogP contribution in [0.4, 0.5) is 4.79 Å². The molecule has 4 N–H and O–H groups in total. The Morgan fingerprint density at radius 2 is 1.70 bits per heavy atom. The van der Waals surface area contributed by atoms with Crippen molar-refractivity contribution in [2.75, 3.05) is 19.8 Å². The Kier molecular flexibility index (Phi) is 11.4. The predicted octanol–water partition coefficient (Wildman–Crippen LogP) is 2.32. The van der Waals surface area contributed by atoms with E-state index in [0.717, 1.165) is 0 Å². The van der Waals surface area contributed by atoms with Gasteiger partial charge in [0.1, 0.15) is 23.4 Å². The van der Waals surface area contributed by atoms with E-state index in [-0.39, 0.29) is 25.3 Å². The van der Waals surface area contributed by atoms with E-state index in [1.807, 2.05) is 0 Å². The number of amides is 3. The average Bonchev–Trinajstić information content (AvgIpc) is 2.75. The molecule has 11 heteroatoms. The van der Waals surface area contributed by atoms with Crippen molar-refractivity contribution in [1.29, 1.82) is 0 Å². The molecule has 1 aromatic carbocycles. The number of nitrogens with one attached hydrogen (secondary N) is 2. The van der Waals surface area contributed by atoms with Gasteiger partial charge in [-0.25, -0.2) is 4.79 Å². The van der Waals surface area contributed by atoms with E-state index in [1.165, 1.54) is 17.0 Å². The van der Waals surface area contributed by atoms with E-state index in [2.05, 4.69) is 10.6 Å². The summed E-state index contributed by atoms with van der Waals surface area (Å²) in [6.07, 6.45) is -0.964. The Balaban J connectivity index is 3.43. The number of aliphatic hydroxyl groups is 1. The Hall–Kier alpha value is -3.34. The molecule has 0 aliphatic rings. The minimum atomic E-state index is -1.40. The fourth-order valence-electron chi connectivity index (χ4n) is 3.53. The molecule has 0 radical (unpaired) electrons. The molecule has 0 heterocycles. The van der Waals surface area contributed by atoms with Gasteiger partial charge in [0.2, 0.25) is 11.8 Å². The number of esters is 1. The number of hydrogen-bond acceptors (Lipinski definition) is 8. The lowest BCUT2D eigenvalue weighted by Gasteiger charge is -2.43. The molecule has 0 spiro atoms. The lowest BCUT2D eigenvalue weighted by atomic mass is 9.94. The van der Waals surface area contributed by atoms with Crippen LogP contribution in [0.1, 0.15) is 72.1 Å². The number of alkyl carbamates (subject to hydrolysis) is 1. The van der Waals surface area contributed by atoms with E-state index >= 15 is 0 Å². The van der Waals surface area contributed by atoms with Gasteiger partial charge in [0.15, 0.2) is 0 Å². The summed E-state index contributed by atoms with van der Waals surface area (Å²) in [5.74, 6) is -1.78. The number of carbonyl (C=O) groups is 4. The number of phenols is 1. The van der Waals surface area contributed by atoms with Gasteiger partial charge < -0.3 is 35.2 Å². The van der Waals surface area contributed by atoms with Gasteiger partial charge in [0, 0.05) is 12.1 Å². The summed E-state index contributed by atoms with van der Waals surface area (Å²) >= 11 is 0. The summed E-state index contributed by atoms with van der Waals surface area (Å²) in [7, 11) is 0. The van der Waals surface area contributed by atoms with E-state index < -0.39 is 53.7 Å². The third-order valence-electron chi connectivity index (χ3n) is 5.11. The van der Waals surface area contributed by atoms with Crippen molar-refractivity contribution in [3.63, 3.8) is 0 Å². The largest absolute Gasteiger partial charge is 0.508 e. The highest BCUT2D eigenvalue weighted by Crippen LogP contribution is 2.32. The summed E-state index contributed by atoms with van der Waals surface area (Å²) in [5.41, 5.74) is -0.925. The minimum Gasteiger partial charge on any atom is -0.508 e. The van der Waals surface area contributed by atoms with Gasteiger partial charge in [-0.3, -0.25) is 14.4 Å². The minimum absolute atomic E-state index is 0.0127. The van der Waals surface area contributed by atoms with E-state index in [0.29, 0.717) is 11.1 Å². The summed E-state index contributed by atoms with van der Waals surface area (Å²) in [6.45, 7) is 12.9. The zero-order valence-corrected chi connectivity index (χ0v) is 23.0. The van der Waals surface area contributed by atoms with Crippen molar-refractivity contribution in [3.05, 3.63) is 29.3 Å². The highest BCUT2D eigenvalue weighted by Gasteiger charge is 2.41. The van der Waals surface area contributed by atoms with Gasteiger partial charge in [-0.1, -0.05) is 6.07 Å². The number of phenolic OH excluding ortho intramolecular Hbond substituents is 1. The lowest BCUT2D eigenvalue weighted by molar-refractivity contribution is -0.149. The first-order valence-electron chi connectivity index (χ1n) is 12.2. The molecule has 208 valence electrons. The number of hydrogen-bond donors (Lipinski definition) is 4. The first-order chi connectivity index (χ1) is 17.0. The van der Waals surface area contributed by atoms with Gasteiger partial charge in [-0.05, 0) is 78.6 Å². The van der Waals surface area contributed by atoms with Gasteiger partial charge in [-0.2, -0.15) is 0 Å². The number of carbonyl (C=O) groups excluding carboxylic acids is 4. The van der Waals surface area contributed by atoms with Gasteiger partial charge in [-0.15, -0.1) is 0 Å². The zero-order valence-electron chi connectivity index (χ0n) is 23.0. The van der Waals surface area contributed by atoms with Crippen LogP contribution in [-0.2, 0) is 23.9 Å². The molecule has 1 aromatic rings. The molecule has 11 nitrogen and oxygen atoms in total. The molecule has 0 saturated heterocycles. The second-order valence-corrected chi connectivity index (χ2v) is 10.6. The molecule has 37 heavy (non-hydrogen) atoms. The van der Waals surface area contributed by atoms with Crippen LogP contribution in [0.25, 0.3) is 0 Å². The highest BCUT2D eigenvalue weighted by atomic mass is 16.6. The average molecular weight is 524 g/mol. The number of nitrogens with zero attached hydrogens (tertiary/aromatic N) is 1. The lowest BCUT2D eigenvalue weighted by Crippen LogP contribution is -2.59. The van der Waals surface area contributed by atoms with Crippen molar-refractivity contribution in [1.82, 2.24) is 15.5 Å². The Morgan fingerprint density at radius 3 is 2.19 bits per heavy atom. The number of aromatic hydroxyl groups is 1. The Bertz CT molecular complexity index is 966. The van der Waals surface area contributed by atoms with Crippen LogP contribution in [0.3, 0.4) is 0 Å². The van der Waals surface area contributed by atoms with Gasteiger partial charge >= 0.3 is 12.1 Å². The number of aliphatic hydroxyl groups excluding tert-OH is 1. The third-order valence-corrected chi connectivity index (χ3v) is 5.11. The number of aryl methyl sites for hydroxylation is 1. The fraction of sp³-hybridized carbons (Fsp3) is 0.615. The van der Waals surface area contributed by atoms with E-state index in [1.54, 1.807) is 61.5 Å². The molecular formula is C26H41N3O8. The van der Waals surface area contributed by atoms with Crippen LogP contribution in [0, 0.1) is 6.92 Å². The maximum Gasteiger partial charge on any atom is 0.408 e. The molecular weight excluding hydrogens is 482 g/mol. The smallest absolute Gasteiger partial charge is 0.408 e. The van der Waals surface area contributed by atoms with Crippen LogP contribution in [0.2, 0.25) is 0 Å². The number of benzene rings is 1. The molecule has 0 aliphatic carbocycles. The first-order valence-corrected chi connectivity index (χ1v) is 12.2. The number of rotatable bonds is 10. The van der Waals surface area contributed by atoms with E-state index in [4.69, 9.17) is 9.47 Å². The fourth-order valence-corrected chi connectivity index (χ4v) is 3.53. The van der Waals surface area contributed by atoms with Crippen LogP contribution in [0.15, 0.2) is 18.2 Å². The standard InChI is InChI=1S/C26H41N3O8/c1-9-36-20(32)12-13-27-22(33)21(17-10-11-19(31)16(2)14-17)29(25(3,4)5)23(34)18(15-30)28-24(35)37-26(6,7)8/h10-11,14,18,21,30-31H,9,12-13,15H2,1-8H3,(H,27,33)(H,28,35). The molecule has 1 rings (SSSR count). The molecule has 0 aromatic heterocycles. The maximum absolute atomic E-state index is 13.8. The summed E-state index contributed by atoms with van der Waals surface area (Å²) in [4.78, 5) is 52.6. The Labute approximate surface area is 218 Å². The number of ether oxygens (including phenoxy) is 2. The second kappa shape index (κ2) is 13.3. The zero-order chi connectivity index (χ0) is 28.6. The van der Waals surface area contributed by atoms with E-state index in [9.17, 15) is 29.4 Å². The van der Waals surface area contributed by atoms with Gasteiger partial charge in [0.05, 0.1) is 19.6 Å². The maximum atomic E-state index is 13.8. The molecule has 0 aliphatic heterocycles. The monoisotopic (exact) mass is 523 g/mol. The van der Waals surface area contributed by atoms with Gasteiger partial charge in [0.25, 0.3) is 0 Å². The second-order valence-electron chi connectivity index (χ2n) is 10.6. The SMILES string of the molecule is CCOC(=O)CCNC(=O)C(c1ccc(O)c(C)c1)N(C(=O)C(CO)NC(=O)OC(C)(C)C)C(C)(C)C. The Morgan fingerprint density at radius 1 is 1.08 bits per heavy atom. The molecule has 0 fully saturated rings. The molecule has 2 unspecified atom stereocenters.